The van der Waals surface area contributed by atoms with Gasteiger partial charge in [-0.25, -0.2) is 0 Å². The van der Waals surface area contributed by atoms with Crippen LogP contribution in [0.5, 0.6) is 0 Å². The molecule has 0 spiro atoms. The van der Waals surface area contributed by atoms with Crippen LogP contribution in [0.15, 0.2) is 23.0 Å². The molecule has 0 aromatic heterocycles. The zero-order valence-corrected chi connectivity index (χ0v) is 9.99. The number of rotatable bonds is 3. The van der Waals surface area contributed by atoms with Crippen molar-refractivity contribution in [3.63, 3.8) is 0 Å². The number of carbonyl (C=O) groups is 1. The number of allylic oxidation sites excluding steroid dienone is 2. The Bertz CT molecular complexity index is 423. The molecule has 0 aromatic carbocycles. The molecular weight excluding hydrogens is 216 g/mol. The van der Waals surface area contributed by atoms with E-state index in [2.05, 4.69) is 5.92 Å². The SMILES string of the molecule is C#CCOC=C1CC2=C(CC(OC)CC2)C1=O. The molecule has 0 aromatic rings. The largest absolute Gasteiger partial charge is 0.488 e. The van der Waals surface area contributed by atoms with Crippen LogP contribution in [0.2, 0.25) is 0 Å². The van der Waals surface area contributed by atoms with E-state index in [4.69, 9.17) is 15.9 Å². The summed E-state index contributed by atoms with van der Waals surface area (Å²) in [6, 6.07) is 0. The summed E-state index contributed by atoms with van der Waals surface area (Å²) in [4.78, 5) is 12.1. The van der Waals surface area contributed by atoms with Crippen LogP contribution in [0.25, 0.3) is 0 Å². The van der Waals surface area contributed by atoms with Crippen molar-refractivity contribution in [2.45, 2.75) is 31.8 Å². The molecule has 1 atom stereocenters. The quantitative estimate of drug-likeness (QED) is 0.323. The third-order valence-corrected chi connectivity index (χ3v) is 3.32. The van der Waals surface area contributed by atoms with Gasteiger partial charge in [-0.15, -0.1) is 6.42 Å². The molecule has 2 aliphatic rings. The fraction of sp³-hybridized carbons (Fsp3) is 0.500. The number of terminal acetylenes is 1. The lowest BCUT2D eigenvalue weighted by Gasteiger charge is -2.21. The minimum absolute atomic E-state index is 0.110. The lowest BCUT2D eigenvalue weighted by molar-refractivity contribution is -0.112. The van der Waals surface area contributed by atoms with Gasteiger partial charge in [0.25, 0.3) is 0 Å². The number of Topliss-reactive ketones (excluding diaryl/α,β-unsaturated/α-hetero) is 1. The van der Waals surface area contributed by atoms with E-state index in [1.165, 1.54) is 11.8 Å². The zero-order valence-electron chi connectivity index (χ0n) is 9.99. The minimum Gasteiger partial charge on any atom is -0.488 e. The first-order valence-corrected chi connectivity index (χ1v) is 5.78. The molecule has 90 valence electrons. The van der Waals surface area contributed by atoms with Crippen molar-refractivity contribution >= 4 is 5.78 Å². The molecule has 0 heterocycles. The molecule has 1 unspecified atom stereocenters. The highest BCUT2D eigenvalue weighted by Crippen LogP contribution is 2.38. The van der Waals surface area contributed by atoms with Crippen LogP contribution in [0.1, 0.15) is 25.7 Å². The summed E-state index contributed by atoms with van der Waals surface area (Å²) in [5.74, 6) is 2.48. The Morgan fingerprint density at radius 3 is 3.12 bits per heavy atom. The molecule has 2 rings (SSSR count). The summed E-state index contributed by atoms with van der Waals surface area (Å²) in [5, 5.41) is 0. The van der Waals surface area contributed by atoms with Crippen molar-refractivity contribution in [1.29, 1.82) is 0 Å². The predicted octanol–water partition coefficient (Wildman–Crippen LogP) is 1.99. The second-order valence-corrected chi connectivity index (χ2v) is 4.35. The number of ether oxygens (including phenoxy) is 2. The summed E-state index contributed by atoms with van der Waals surface area (Å²) in [5.41, 5.74) is 2.90. The number of hydrogen-bond acceptors (Lipinski definition) is 3. The van der Waals surface area contributed by atoms with Crippen LogP contribution in [-0.2, 0) is 14.3 Å². The Hall–Kier alpha value is -1.53. The van der Waals surface area contributed by atoms with Crippen molar-refractivity contribution < 1.29 is 14.3 Å². The standard InChI is InChI=1S/C14H16O3/c1-3-6-17-9-11-7-10-4-5-12(16-2)8-13(10)14(11)15/h1,9,12H,4-8H2,2H3. The Morgan fingerprint density at radius 1 is 1.59 bits per heavy atom. The first-order valence-electron chi connectivity index (χ1n) is 5.78. The molecule has 0 saturated heterocycles. The van der Waals surface area contributed by atoms with E-state index in [0.717, 1.165) is 36.8 Å². The van der Waals surface area contributed by atoms with Gasteiger partial charge in [0.1, 0.15) is 6.61 Å². The number of ketones is 1. The Balaban J connectivity index is 2.06. The summed E-state index contributed by atoms with van der Waals surface area (Å²) in [6.45, 7) is 0.210. The minimum atomic E-state index is 0.110. The van der Waals surface area contributed by atoms with Gasteiger partial charge in [0.2, 0.25) is 0 Å². The maximum Gasteiger partial charge on any atom is 0.188 e. The van der Waals surface area contributed by atoms with Gasteiger partial charge in [-0.1, -0.05) is 11.5 Å². The van der Waals surface area contributed by atoms with E-state index < -0.39 is 0 Å². The highest BCUT2D eigenvalue weighted by molar-refractivity contribution is 6.11. The maximum absolute atomic E-state index is 12.1. The third-order valence-electron chi connectivity index (χ3n) is 3.32. The van der Waals surface area contributed by atoms with Crippen LogP contribution in [0, 0.1) is 12.3 Å². The molecule has 0 N–H and O–H groups in total. The maximum atomic E-state index is 12.1. The fourth-order valence-electron chi connectivity index (χ4n) is 2.40. The van der Waals surface area contributed by atoms with E-state index in [1.54, 1.807) is 7.11 Å². The van der Waals surface area contributed by atoms with Gasteiger partial charge < -0.3 is 9.47 Å². The normalized spacial score (nSPS) is 26.0. The smallest absolute Gasteiger partial charge is 0.188 e. The topological polar surface area (TPSA) is 35.5 Å². The molecule has 17 heavy (non-hydrogen) atoms. The molecule has 0 bridgehead atoms. The molecule has 0 radical (unpaired) electrons. The monoisotopic (exact) mass is 232 g/mol. The van der Waals surface area contributed by atoms with Crippen LogP contribution in [0.4, 0.5) is 0 Å². The lowest BCUT2D eigenvalue weighted by atomic mass is 9.91. The summed E-state index contributed by atoms with van der Waals surface area (Å²) >= 11 is 0. The molecule has 0 amide bonds. The molecule has 3 heteroatoms. The lowest BCUT2D eigenvalue weighted by Crippen LogP contribution is -2.18. The first-order chi connectivity index (χ1) is 8.26. The van der Waals surface area contributed by atoms with Gasteiger partial charge in [-0.3, -0.25) is 4.79 Å². The molecule has 3 nitrogen and oxygen atoms in total. The number of hydrogen-bond donors (Lipinski definition) is 0. The van der Waals surface area contributed by atoms with E-state index >= 15 is 0 Å². The highest BCUT2D eigenvalue weighted by atomic mass is 16.5. The van der Waals surface area contributed by atoms with Gasteiger partial charge in [0.15, 0.2) is 5.78 Å². The van der Waals surface area contributed by atoms with E-state index in [1.807, 2.05) is 0 Å². The zero-order chi connectivity index (χ0) is 12.3. The molecule has 0 fully saturated rings. The van der Waals surface area contributed by atoms with Crippen molar-refractivity contribution in [1.82, 2.24) is 0 Å². The van der Waals surface area contributed by atoms with Crippen molar-refractivity contribution in [3.8, 4) is 12.3 Å². The number of carbonyl (C=O) groups excluding carboxylic acids is 1. The molecule has 0 aliphatic heterocycles. The second kappa shape index (κ2) is 5.20. The van der Waals surface area contributed by atoms with Gasteiger partial charge in [0, 0.05) is 31.1 Å². The van der Waals surface area contributed by atoms with Gasteiger partial charge >= 0.3 is 0 Å². The summed E-state index contributed by atoms with van der Waals surface area (Å²) in [7, 11) is 1.70. The molecular formula is C14H16O3. The van der Waals surface area contributed by atoms with Crippen LogP contribution >= 0.6 is 0 Å². The van der Waals surface area contributed by atoms with Gasteiger partial charge in [-0.05, 0) is 12.8 Å². The van der Waals surface area contributed by atoms with Crippen LogP contribution in [0.3, 0.4) is 0 Å². The van der Waals surface area contributed by atoms with Crippen LogP contribution < -0.4 is 0 Å². The summed E-state index contributed by atoms with van der Waals surface area (Å²) in [6.07, 6.45) is 10.2. The van der Waals surface area contributed by atoms with E-state index in [-0.39, 0.29) is 18.5 Å². The second-order valence-electron chi connectivity index (χ2n) is 4.35. The Kier molecular flexibility index (Phi) is 3.65. The highest BCUT2D eigenvalue weighted by Gasteiger charge is 2.33. The molecule has 0 saturated carbocycles. The Labute approximate surface area is 101 Å². The van der Waals surface area contributed by atoms with Gasteiger partial charge in [-0.2, -0.15) is 0 Å². The average molecular weight is 232 g/mol. The van der Waals surface area contributed by atoms with E-state index in [0.29, 0.717) is 0 Å². The van der Waals surface area contributed by atoms with Gasteiger partial charge in [0.05, 0.1) is 12.4 Å². The predicted molar refractivity (Wildman–Crippen MR) is 64.2 cm³/mol. The van der Waals surface area contributed by atoms with Crippen molar-refractivity contribution in [2.75, 3.05) is 13.7 Å². The van der Waals surface area contributed by atoms with Crippen molar-refractivity contribution in [2.24, 2.45) is 0 Å². The Morgan fingerprint density at radius 2 is 2.41 bits per heavy atom. The molecule has 2 aliphatic carbocycles. The third kappa shape index (κ3) is 2.42. The van der Waals surface area contributed by atoms with Crippen molar-refractivity contribution in [3.05, 3.63) is 23.0 Å². The summed E-state index contributed by atoms with van der Waals surface area (Å²) < 4.78 is 10.4. The van der Waals surface area contributed by atoms with E-state index in [9.17, 15) is 4.79 Å². The number of methoxy groups -OCH3 is 1. The van der Waals surface area contributed by atoms with Crippen LogP contribution in [-0.4, -0.2) is 25.6 Å². The first kappa shape index (κ1) is 11.9. The fourth-order valence-corrected chi connectivity index (χ4v) is 2.40. The average Bonchev–Trinajstić information content (AvgIpc) is 2.66.